The van der Waals surface area contributed by atoms with E-state index >= 15 is 0 Å². The first-order valence-electron chi connectivity index (χ1n) is 7.81. The predicted octanol–water partition coefficient (Wildman–Crippen LogP) is 2.72. The molecule has 0 saturated heterocycles. The van der Waals surface area contributed by atoms with Crippen molar-refractivity contribution in [1.29, 1.82) is 0 Å². The number of nitrogens with zero attached hydrogens (tertiary/aromatic N) is 1. The molecule has 0 heterocycles. The highest BCUT2D eigenvalue weighted by atomic mass is 16.4. The Morgan fingerprint density at radius 3 is 1.58 bits per heavy atom. The number of anilines is 1. The second-order valence-corrected chi connectivity index (χ2v) is 5.63. The van der Waals surface area contributed by atoms with E-state index in [9.17, 15) is 0 Å². The quantitative estimate of drug-likeness (QED) is 0.636. The van der Waals surface area contributed by atoms with Crippen LogP contribution in [0, 0.1) is 0 Å². The lowest BCUT2D eigenvalue weighted by Gasteiger charge is -2.11. The van der Waals surface area contributed by atoms with Gasteiger partial charge in [-0.15, -0.1) is 0 Å². The molecular weight excluding hydrogens is 297 g/mol. The summed E-state index contributed by atoms with van der Waals surface area (Å²) in [6.45, 7) is 0. The SMILES string of the molecule is CN(C)c1ccc(/C=C/C=C/C=C/c2ccc(B(O)O)cc2)cc1. The van der Waals surface area contributed by atoms with Crippen LogP contribution < -0.4 is 10.4 Å². The Hall–Kier alpha value is -2.56. The van der Waals surface area contributed by atoms with Crippen LogP contribution in [0.2, 0.25) is 0 Å². The molecule has 0 aromatic heterocycles. The van der Waals surface area contributed by atoms with Gasteiger partial charge in [0.2, 0.25) is 0 Å². The highest BCUT2D eigenvalue weighted by molar-refractivity contribution is 6.58. The molecule has 0 fully saturated rings. The summed E-state index contributed by atoms with van der Waals surface area (Å²) in [5.41, 5.74) is 3.84. The second kappa shape index (κ2) is 8.92. The van der Waals surface area contributed by atoms with E-state index in [0.717, 1.165) is 11.1 Å². The Bertz CT molecular complexity index is 651. The molecule has 122 valence electrons. The molecule has 0 unspecified atom stereocenters. The monoisotopic (exact) mass is 319 g/mol. The molecule has 24 heavy (non-hydrogen) atoms. The Labute approximate surface area is 144 Å². The number of rotatable bonds is 6. The molecule has 2 N–H and O–H groups in total. The zero-order valence-electron chi connectivity index (χ0n) is 14.0. The molecule has 0 atom stereocenters. The normalized spacial score (nSPS) is 11.7. The molecular formula is C20H22BNO2. The van der Waals surface area contributed by atoms with Gasteiger partial charge in [0.15, 0.2) is 0 Å². The third-order valence-corrected chi connectivity index (χ3v) is 3.55. The van der Waals surface area contributed by atoms with Crippen LogP contribution in [0.1, 0.15) is 11.1 Å². The van der Waals surface area contributed by atoms with E-state index in [2.05, 4.69) is 35.2 Å². The molecule has 0 aliphatic heterocycles. The lowest BCUT2D eigenvalue weighted by atomic mass is 9.80. The van der Waals surface area contributed by atoms with Gasteiger partial charge in [-0.3, -0.25) is 0 Å². The molecule has 2 rings (SSSR count). The van der Waals surface area contributed by atoms with Crippen LogP contribution in [0.25, 0.3) is 12.2 Å². The fourth-order valence-electron chi connectivity index (χ4n) is 2.12. The topological polar surface area (TPSA) is 43.7 Å². The second-order valence-electron chi connectivity index (χ2n) is 5.63. The molecule has 0 aliphatic carbocycles. The van der Waals surface area contributed by atoms with E-state index < -0.39 is 7.12 Å². The van der Waals surface area contributed by atoms with Crippen LogP contribution in [0.3, 0.4) is 0 Å². The number of allylic oxidation sites excluding steroid dienone is 4. The molecule has 3 nitrogen and oxygen atoms in total. The lowest BCUT2D eigenvalue weighted by molar-refractivity contribution is 0.426. The predicted molar refractivity (Wildman–Crippen MR) is 104 cm³/mol. The summed E-state index contributed by atoms with van der Waals surface area (Å²) in [4.78, 5) is 2.08. The van der Waals surface area contributed by atoms with Crippen molar-refractivity contribution < 1.29 is 10.0 Å². The average molecular weight is 319 g/mol. The Morgan fingerprint density at radius 1 is 0.708 bits per heavy atom. The van der Waals surface area contributed by atoms with Crippen molar-refractivity contribution in [3.05, 3.63) is 84.0 Å². The van der Waals surface area contributed by atoms with Crippen molar-refractivity contribution in [3.63, 3.8) is 0 Å². The number of hydrogen-bond donors (Lipinski definition) is 2. The summed E-state index contributed by atoms with van der Waals surface area (Å²) in [5.74, 6) is 0. The zero-order valence-corrected chi connectivity index (χ0v) is 14.0. The summed E-state index contributed by atoms with van der Waals surface area (Å²) >= 11 is 0. The van der Waals surface area contributed by atoms with Crippen molar-refractivity contribution >= 4 is 30.4 Å². The summed E-state index contributed by atoms with van der Waals surface area (Å²) in [7, 11) is 2.64. The lowest BCUT2D eigenvalue weighted by Crippen LogP contribution is -2.29. The summed E-state index contributed by atoms with van der Waals surface area (Å²) in [5, 5.41) is 18.1. The first kappa shape index (κ1) is 17.8. The maximum atomic E-state index is 9.04. The minimum atomic E-state index is -1.42. The molecule has 2 aromatic rings. The van der Waals surface area contributed by atoms with Gasteiger partial charge in [0.25, 0.3) is 0 Å². The van der Waals surface area contributed by atoms with Crippen LogP contribution >= 0.6 is 0 Å². The van der Waals surface area contributed by atoms with E-state index in [1.165, 1.54) is 5.69 Å². The van der Waals surface area contributed by atoms with Crippen molar-refractivity contribution in [2.45, 2.75) is 0 Å². The smallest absolute Gasteiger partial charge is 0.423 e. The van der Waals surface area contributed by atoms with E-state index in [1.54, 1.807) is 12.1 Å². The molecule has 0 amide bonds. The Balaban J connectivity index is 1.87. The highest BCUT2D eigenvalue weighted by Crippen LogP contribution is 2.13. The molecule has 0 radical (unpaired) electrons. The first-order chi connectivity index (χ1) is 11.6. The largest absolute Gasteiger partial charge is 0.488 e. The van der Waals surface area contributed by atoms with Gasteiger partial charge in [-0.2, -0.15) is 0 Å². The number of hydrogen-bond acceptors (Lipinski definition) is 3. The summed E-state index contributed by atoms with van der Waals surface area (Å²) < 4.78 is 0. The van der Waals surface area contributed by atoms with Gasteiger partial charge in [-0.1, -0.05) is 72.9 Å². The van der Waals surface area contributed by atoms with Crippen molar-refractivity contribution in [3.8, 4) is 0 Å². The van der Waals surface area contributed by atoms with Crippen molar-refractivity contribution in [2.75, 3.05) is 19.0 Å². The van der Waals surface area contributed by atoms with E-state index in [-0.39, 0.29) is 0 Å². The maximum absolute atomic E-state index is 9.04. The zero-order chi connectivity index (χ0) is 17.4. The molecule has 0 saturated carbocycles. The third-order valence-electron chi connectivity index (χ3n) is 3.55. The van der Waals surface area contributed by atoms with Crippen LogP contribution in [0.5, 0.6) is 0 Å². The molecule has 0 bridgehead atoms. The molecule has 0 spiro atoms. The van der Waals surface area contributed by atoms with Crippen molar-refractivity contribution in [2.24, 2.45) is 0 Å². The van der Waals surface area contributed by atoms with E-state index in [1.807, 2.05) is 56.6 Å². The molecule has 2 aromatic carbocycles. The van der Waals surface area contributed by atoms with E-state index in [4.69, 9.17) is 10.0 Å². The van der Waals surface area contributed by atoms with Gasteiger partial charge in [0.05, 0.1) is 0 Å². The van der Waals surface area contributed by atoms with Crippen LogP contribution in [-0.4, -0.2) is 31.3 Å². The minimum absolute atomic E-state index is 0.492. The summed E-state index contributed by atoms with van der Waals surface area (Å²) in [6, 6.07) is 15.5. The Morgan fingerprint density at radius 2 is 1.17 bits per heavy atom. The Kier molecular flexibility index (Phi) is 6.61. The molecule has 0 aliphatic rings. The third kappa shape index (κ3) is 5.58. The van der Waals surface area contributed by atoms with Gasteiger partial charge >= 0.3 is 7.12 Å². The highest BCUT2D eigenvalue weighted by Gasteiger charge is 2.08. The van der Waals surface area contributed by atoms with Gasteiger partial charge in [-0.05, 0) is 28.7 Å². The van der Waals surface area contributed by atoms with Gasteiger partial charge < -0.3 is 14.9 Å². The minimum Gasteiger partial charge on any atom is -0.423 e. The standard InChI is InChI=1S/C20H22BNO2/c1-22(2)20-15-11-18(12-16-20)8-6-4-3-5-7-17-9-13-19(14-10-17)21(23)24/h3-16,23-24H,1-2H3/b4-3+,7-5+,8-6+. The van der Waals surface area contributed by atoms with Gasteiger partial charge in [0.1, 0.15) is 0 Å². The summed E-state index contributed by atoms with van der Waals surface area (Å²) in [6.07, 6.45) is 11.9. The van der Waals surface area contributed by atoms with Gasteiger partial charge in [0, 0.05) is 19.8 Å². The fourth-order valence-corrected chi connectivity index (χ4v) is 2.12. The van der Waals surface area contributed by atoms with Crippen LogP contribution in [0.15, 0.2) is 72.8 Å². The van der Waals surface area contributed by atoms with Gasteiger partial charge in [-0.25, -0.2) is 0 Å². The molecule has 4 heteroatoms. The van der Waals surface area contributed by atoms with Crippen LogP contribution in [-0.2, 0) is 0 Å². The van der Waals surface area contributed by atoms with Crippen molar-refractivity contribution in [1.82, 2.24) is 0 Å². The first-order valence-corrected chi connectivity index (χ1v) is 7.81. The fraction of sp³-hybridized carbons (Fsp3) is 0.100. The average Bonchev–Trinajstić information content (AvgIpc) is 2.58. The maximum Gasteiger partial charge on any atom is 0.488 e. The van der Waals surface area contributed by atoms with Crippen LogP contribution in [0.4, 0.5) is 5.69 Å². The van der Waals surface area contributed by atoms with E-state index in [0.29, 0.717) is 5.46 Å². The number of benzene rings is 2.